The highest BCUT2D eigenvalue weighted by Crippen LogP contribution is 2.27. The summed E-state index contributed by atoms with van der Waals surface area (Å²) in [5, 5.41) is 3.05. The van der Waals surface area contributed by atoms with Crippen LogP contribution >= 0.6 is 0 Å². The molecule has 100 valence electrons. The largest absolute Gasteiger partial charge is 0.348 e. The lowest BCUT2D eigenvalue weighted by atomic mass is 10.00. The predicted octanol–water partition coefficient (Wildman–Crippen LogP) is 1.15. The summed E-state index contributed by atoms with van der Waals surface area (Å²) in [5.74, 6) is 0.547. The van der Waals surface area contributed by atoms with Crippen LogP contribution in [0.25, 0.3) is 0 Å². The molecule has 0 unspecified atom stereocenters. The zero-order chi connectivity index (χ0) is 13.0. The van der Waals surface area contributed by atoms with Crippen LogP contribution in [0.4, 0.5) is 0 Å². The standard InChI is InChI=1S/C13H22N4O/c1-10(11-4-2-3-5-11)16-13(18)12-8-17(7-6-14)9-15-12/h8-11H,2-7,14H2,1H3,(H,16,18)/t10-/m0/s1. The van der Waals surface area contributed by atoms with E-state index >= 15 is 0 Å². The van der Waals surface area contributed by atoms with E-state index in [0.29, 0.717) is 24.7 Å². The van der Waals surface area contributed by atoms with Gasteiger partial charge in [0.25, 0.3) is 5.91 Å². The number of nitrogens with two attached hydrogens (primary N) is 1. The van der Waals surface area contributed by atoms with Gasteiger partial charge in [-0.2, -0.15) is 0 Å². The molecule has 1 aromatic rings. The third-order valence-corrected chi connectivity index (χ3v) is 3.72. The van der Waals surface area contributed by atoms with Gasteiger partial charge >= 0.3 is 0 Å². The first kappa shape index (κ1) is 13.1. The lowest BCUT2D eigenvalue weighted by Crippen LogP contribution is -2.37. The molecule has 2 rings (SSSR count). The van der Waals surface area contributed by atoms with Crippen LogP contribution in [0.2, 0.25) is 0 Å². The van der Waals surface area contributed by atoms with Crippen LogP contribution in [-0.4, -0.2) is 28.0 Å². The zero-order valence-electron chi connectivity index (χ0n) is 10.9. The molecular weight excluding hydrogens is 228 g/mol. The average molecular weight is 250 g/mol. The fraction of sp³-hybridized carbons (Fsp3) is 0.692. The first-order valence-corrected chi connectivity index (χ1v) is 6.73. The van der Waals surface area contributed by atoms with Crippen LogP contribution in [0.1, 0.15) is 43.1 Å². The second kappa shape index (κ2) is 6.00. The smallest absolute Gasteiger partial charge is 0.271 e. The minimum Gasteiger partial charge on any atom is -0.348 e. The van der Waals surface area contributed by atoms with E-state index in [-0.39, 0.29) is 11.9 Å². The molecule has 1 aromatic heterocycles. The van der Waals surface area contributed by atoms with Gasteiger partial charge in [-0.1, -0.05) is 12.8 Å². The molecule has 0 saturated heterocycles. The van der Waals surface area contributed by atoms with E-state index in [0.717, 1.165) is 0 Å². The van der Waals surface area contributed by atoms with Crippen molar-refractivity contribution in [2.75, 3.05) is 6.54 Å². The molecule has 1 atom stereocenters. The predicted molar refractivity (Wildman–Crippen MR) is 70.2 cm³/mol. The van der Waals surface area contributed by atoms with Gasteiger partial charge in [0.05, 0.1) is 6.33 Å². The highest BCUT2D eigenvalue weighted by atomic mass is 16.2. The van der Waals surface area contributed by atoms with E-state index in [4.69, 9.17) is 5.73 Å². The van der Waals surface area contributed by atoms with Crippen molar-refractivity contribution in [3.05, 3.63) is 18.2 Å². The van der Waals surface area contributed by atoms with Gasteiger partial charge < -0.3 is 15.6 Å². The fourth-order valence-electron chi connectivity index (χ4n) is 2.60. The third kappa shape index (κ3) is 3.10. The molecule has 1 saturated carbocycles. The van der Waals surface area contributed by atoms with Crippen LogP contribution < -0.4 is 11.1 Å². The molecule has 5 nitrogen and oxygen atoms in total. The van der Waals surface area contributed by atoms with E-state index in [9.17, 15) is 4.79 Å². The number of hydrogen-bond acceptors (Lipinski definition) is 3. The summed E-state index contributed by atoms with van der Waals surface area (Å²) in [6, 6.07) is 0.236. The molecule has 0 aromatic carbocycles. The van der Waals surface area contributed by atoms with E-state index in [2.05, 4.69) is 17.2 Å². The van der Waals surface area contributed by atoms with Crippen molar-refractivity contribution in [2.45, 2.75) is 45.2 Å². The van der Waals surface area contributed by atoms with Crippen molar-refractivity contribution in [3.8, 4) is 0 Å². The fourth-order valence-corrected chi connectivity index (χ4v) is 2.60. The van der Waals surface area contributed by atoms with Crippen molar-refractivity contribution in [1.29, 1.82) is 0 Å². The number of amides is 1. The summed E-state index contributed by atoms with van der Waals surface area (Å²) in [7, 11) is 0. The number of imidazole rings is 1. The number of nitrogens with zero attached hydrogens (tertiary/aromatic N) is 2. The van der Waals surface area contributed by atoms with Crippen LogP contribution in [0.15, 0.2) is 12.5 Å². The molecule has 0 bridgehead atoms. The van der Waals surface area contributed by atoms with Gasteiger partial charge in [-0.3, -0.25) is 4.79 Å². The number of rotatable bonds is 5. The Morgan fingerprint density at radius 1 is 1.61 bits per heavy atom. The second-order valence-corrected chi connectivity index (χ2v) is 5.09. The first-order chi connectivity index (χ1) is 8.70. The van der Waals surface area contributed by atoms with Crippen molar-refractivity contribution < 1.29 is 4.79 Å². The second-order valence-electron chi connectivity index (χ2n) is 5.09. The molecule has 1 amide bonds. The van der Waals surface area contributed by atoms with E-state index in [1.54, 1.807) is 12.5 Å². The Morgan fingerprint density at radius 2 is 2.33 bits per heavy atom. The van der Waals surface area contributed by atoms with Gasteiger partial charge in [-0.15, -0.1) is 0 Å². The molecule has 18 heavy (non-hydrogen) atoms. The Morgan fingerprint density at radius 3 is 3.00 bits per heavy atom. The normalized spacial score (nSPS) is 17.9. The summed E-state index contributed by atoms with van der Waals surface area (Å²) < 4.78 is 1.84. The highest BCUT2D eigenvalue weighted by molar-refractivity contribution is 5.92. The van der Waals surface area contributed by atoms with Gasteiger partial charge in [-0.25, -0.2) is 4.98 Å². The topological polar surface area (TPSA) is 72.9 Å². The van der Waals surface area contributed by atoms with Gasteiger partial charge in [-0.05, 0) is 25.7 Å². The van der Waals surface area contributed by atoms with Crippen molar-refractivity contribution in [2.24, 2.45) is 11.7 Å². The molecule has 1 aliphatic carbocycles. The molecule has 3 N–H and O–H groups in total. The number of aromatic nitrogens is 2. The monoisotopic (exact) mass is 250 g/mol. The first-order valence-electron chi connectivity index (χ1n) is 6.73. The van der Waals surface area contributed by atoms with Crippen LogP contribution in [0.5, 0.6) is 0 Å². The highest BCUT2D eigenvalue weighted by Gasteiger charge is 2.23. The summed E-state index contributed by atoms with van der Waals surface area (Å²) in [6.07, 6.45) is 8.43. The minimum absolute atomic E-state index is 0.0785. The van der Waals surface area contributed by atoms with Gasteiger partial charge in [0, 0.05) is 25.3 Å². The quantitative estimate of drug-likeness (QED) is 0.823. The maximum Gasteiger partial charge on any atom is 0.271 e. The molecule has 0 spiro atoms. The maximum atomic E-state index is 12.0. The van der Waals surface area contributed by atoms with Crippen molar-refractivity contribution in [1.82, 2.24) is 14.9 Å². The van der Waals surface area contributed by atoms with Gasteiger partial charge in [0.1, 0.15) is 5.69 Å². The van der Waals surface area contributed by atoms with Gasteiger partial charge in [0.2, 0.25) is 0 Å². The minimum atomic E-state index is -0.0785. The third-order valence-electron chi connectivity index (χ3n) is 3.72. The number of carbonyl (C=O) groups excluding carboxylic acids is 1. The lowest BCUT2D eigenvalue weighted by Gasteiger charge is -2.19. The summed E-state index contributed by atoms with van der Waals surface area (Å²) >= 11 is 0. The zero-order valence-corrected chi connectivity index (χ0v) is 10.9. The molecule has 1 aliphatic rings. The molecule has 1 fully saturated rings. The van der Waals surface area contributed by atoms with Crippen LogP contribution in [0, 0.1) is 5.92 Å². The Bertz CT molecular complexity index is 395. The van der Waals surface area contributed by atoms with E-state index in [1.165, 1.54) is 25.7 Å². The SMILES string of the molecule is C[C@H](NC(=O)c1cn(CCN)cn1)C1CCCC1. The molecule has 5 heteroatoms. The lowest BCUT2D eigenvalue weighted by molar-refractivity contribution is 0.0922. The van der Waals surface area contributed by atoms with Gasteiger partial charge in [0.15, 0.2) is 0 Å². The Hall–Kier alpha value is -1.36. The summed E-state index contributed by atoms with van der Waals surface area (Å²) in [4.78, 5) is 16.1. The number of hydrogen-bond donors (Lipinski definition) is 2. The molecule has 1 heterocycles. The summed E-state index contributed by atoms with van der Waals surface area (Å²) in [5.41, 5.74) is 5.94. The number of carbonyl (C=O) groups is 1. The Balaban J connectivity index is 1.89. The van der Waals surface area contributed by atoms with E-state index in [1.807, 2.05) is 4.57 Å². The van der Waals surface area contributed by atoms with Crippen molar-refractivity contribution in [3.63, 3.8) is 0 Å². The van der Waals surface area contributed by atoms with E-state index < -0.39 is 0 Å². The molecular formula is C13H22N4O. The van der Waals surface area contributed by atoms with Crippen LogP contribution in [-0.2, 0) is 6.54 Å². The number of nitrogens with one attached hydrogen (secondary N) is 1. The maximum absolute atomic E-state index is 12.0. The Labute approximate surface area is 108 Å². The molecule has 0 aliphatic heterocycles. The van der Waals surface area contributed by atoms with Crippen molar-refractivity contribution >= 4 is 5.91 Å². The molecule has 0 radical (unpaired) electrons. The Kier molecular flexibility index (Phi) is 4.36. The average Bonchev–Trinajstić information content (AvgIpc) is 3.00. The van der Waals surface area contributed by atoms with Crippen LogP contribution in [0.3, 0.4) is 0 Å². The summed E-state index contributed by atoms with van der Waals surface area (Å²) in [6.45, 7) is 3.33.